The van der Waals surface area contributed by atoms with Crippen molar-refractivity contribution in [1.29, 1.82) is 0 Å². The van der Waals surface area contributed by atoms with E-state index in [2.05, 4.69) is 51.8 Å². The first-order chi connectivity index (χ1) is 16.1. The summed E-state index contributed by atoms with van der Waals surface area (Å²) >= 11 is 0. The molecule has 3 heterocycles. The van der Waals surface area contributed by atoms with Gasteiger partial charge in [0, 0.05) is 40.3 Å². The van der Waals surface area contributed by atoms with Crippen LogP contribution in [0.1, 0.15) is 42.4 Å². The molecule has 2 aromatic carbocycles. The first kappa shape index (κ1) is 21.5. The lowest BCUT2D eigenvalue weighted by molar-refractivity contribution is 0.221. The molecule has 0 radical (unpaired) electrons. The minimum Gasteiger partial charge on any atom is -0.395 e. The molecule has 5 rings (SSSR count). The van der Waals surface area contributed by atoms with Crippen LogP contribution in [0.2, 0.25) is 0 Å². The number of piperidine rings is 1. The van der Waals surface area contributed by atoms with E-state index in [-0.39, 0.29) is 12.2 Å². The molecule has 0 saturated carbocycles. The van der Waals surface area contributed by atoms with Gasteiger partial charge in [0.1, 0.15) is 0 Å². The van der Waals surface area contributed by atoms with Gasteiger partial charge in [-0.2, -0.15) is 0 Å². The summed E-state index contributed by atoms with van der Waals surface area (Å²) in [5.41, 5.74) is 6.58. The van der Waals surface area contributed by atoms with Crippen molar-refractivity contribution in [2.75, 3.05) is 19.7 Å². The predicted molar refractivity (Wildman–Crippen MR) is 134 cm³/mol. The SMILES string of the molecule is Cc1cc(CN2CCCCC2)cc2cc(-c3cc4cc(C#CCCO)ccc4[nH]c3=O)[nH]c12. The zero-order valence-corrected chi connectivity index (χ0v) is 19.0. The molecule has 1 saturated heterocycles. The maximum Gasteiger partial charge on any atom is 0.257 e. The summed E-state index contributed by atoms with van der Waals surface area (Å²) in [5.74, 6) is 6.02. The van der Waals surface area contributed by atoms with E-state index < -0.39 is 0 Å². The Bertz CT molecular complexity index is 1430. The smallest absolute Gasteiger partial charge is 0.257 e. The van der Waals surface area contributed by atoms with Crippen molar-refractivity contribution in [3.8, 4) is 23.1 Å². The maximum atomic E-state index is 12.9. The molecule has 5 nitrogen and oxygen atoms in total. The first-order valence-corrected chi connectivity index (χ1v) is 11.7. The number of benzene rings is 2. The highest BCUT2D eigenvalue weighted by atomic mass is 16.2. The number of hydrogen-bond acceptors (Lipinski definition) is 3. The van der Waals surface area contributed by atoms with Gasteiger partial charge >= 0.3 is 0 Å². The number of H-pyrrole nitrogens is 2. The number of aromatic amines is 2. The summed E-state index contributed by atoms with van der Waals surface area (Å²) in [7, 11) is 0. The highest BCUT2D eigenvalue weighted by Crippen LogP contribution is 2.28. The highest BCUT2D eigenvalue weighted by molar-refractivity contribution is 5.91. The van der Waals surface area contributed by atoms with Crippen LogP contribution in [0.15, 0.2) is 47.3 Å². The van der Waals surface area contributed by atoms with E-state index in [1.807, 2.05) is 24.3 Å². The number of aliphatic hydroxyl groups is 1. The Morgan fingerprint density at radius 3 is 2.67 bits per heavy atom. The number of hydrogen-bond donors (Lipinski definition) is 3. The molecule has 3 N–H and O–H groups in total. The van der Waals surface area contributed by atoms with Crippen LogP contribution in [0.3, 0.4) is 0 Å². The fourth-order valence-corrected chi connectivity index (χ4v) is 4.82. The average Bonchev–Trinajstić information content (AvgIpc) is 3.24. The number of aryl methyl sites for hydroxylation is 1. The first-order valence-electron chi connectivity index (χ1n) is 11.7. The van der Waals surface area contributed by atoms with Gasteiger partial charge in [0.25, 0.3) is 5.56 Å². The second-order valence-corrected chi connectivity index (χ2v) is 8.99. The molecule has 0 aliphatic carbocycles. The van der Waals surface area contributed by atoms with Gasteiger partial charge in [-0.25, -0.2) is 0 Å². The summed E-state index contributed by atoms with van der Waals surface area (Å²) in [5, 5.41) is 11.0. The van der Waals surface area contributed by atoms with E-state index in [4.69, 9.17) is 5.11 Å². The van der Waals surface area contributed by atoms with E-state index in [1.54, 1.807) is 0 Å². The van der Waals surface area contributed by atoms with E-state index in [1.165, 1.54) is 43.5 Å². The number of aromatic nitrogens is 2. The molecule has 0 atom stereocenters. The number of aliphatic hydroxyl groups excluding tert-OH is 1. The Balaban J connectivity index is 1.51. The Morgan fingerprint density at radius 1 is 1.00 bits per heavy atom. The van der Waals surface area contributed by atoms with E-state index in [0.29, 0.717) is 12.0 Å². The number of nitrogens with zero attached hydrogens (tertiary/aromatic N) is 1. The van der Waals surface area contributed by atoms with Gasteiger partial charge in [-0.05, 0) is 80.4 Å². The van der Waals surface area contributed by atoms with Crippen molar-refractivity contribution in [3.05, 3.63) is 69.5 Å². The van der Waals surface area contributed by atoms with Gasteiger partial charge in [0.05, 0.1) is 17.9 Å². The topological polar surface area (TPSA) is 72.1 Å². The van der Waals surface area contributed by atoms with Gasteiger partial charge in [0.2, 0.25) is 0 Å². The number of pyridine rings is 1. The van der Waals surface area contributed by atoms with E-state index >= 15 is 0 Å². The highest BCUT2D eigenvalue weighted by Gasteiger charge is 2.14. The lowest BCUT2D eigenvalue weighted by Crippen LogP contribution is -2.29. The molecule has 2 aromatic heterocycles. The third kappa shape index (κ3) is 4.59. The molecule has 4 aromatic rings. The molecule has 1 aliphatic rings. The molecule has 0 amide bonds. The third-order valence-corrected chi connectivity index (χ3v) is 6.44. The molecular formula is C28H29N3O2. The number of fused-ring (bicyclic) bond motifs is 2. The van der Waals surface area contributed by atoms with Crippen molar-refractivity contribution < 1.29 is 5.11 Å². The molecular weight excluding hydrogens is 410 g/mol. The van der Waals surface area contributed by atoms with Crippen molar-refractivity contribution in [1.82, 2.24) is 14.9 Å². The molecule has 33 heavy (non-hydrogen) atoms. The molecule has 0 unspecified atom stereocenters. The number of rotatable bonds is 4. The molecule has 1 aliphatic heterocycles. The standard InChI is InChI=1S/C28H29N3O2/c1-19-13-21(18-31-10-4-2-5-11-31)15-23-17-26(29-27(19)23)24-16-22-14-20(7-3-6-12-32)8-9-25(22)30-28(24)33/h8-9,13-17,29,32H,2,4-6,10-12,18H2,1H3,(H,30,33). The van der Waals surface area contributed by atoms with Crippen LogP contribution in [-0.2, 0) is 6.54 Å². The van der Waals surface area contributed by atoms with E-state index in [9.17, 15) is 4.79 Å². The quantitative estimate of drug-likeness (QED) is 0.404. The predicted octanol–water partition coefficient (Wildman–Crippen LogP) is 4.70. The monoisotopic (exact) mass is 439 g/mol. The van der Waals surface area contributed by atoms with Gasteiger partial charge in [-0.15, -0.1) is 0 Å². The summed E-state index contributed by atoms with van der Waals surface area (Å²) < 4.78 is 0. The number of likely N-dealkylation sites (tertiary alicyclic amines) is 1. The van der Waals surface area contributed by atoms with Gasteiger partial charge < -0.3 is 15.1 Å². The fourth-order valence-electron chi connectivity index (χ4n) is 4.82. The van der Waals surface area contributed by atoms with Gasteiger partial charge in [-0.1, -0.05) is 24.3 Å². The minimum absolute atomic E-state index is 0.0532. The zero-order chi connectivity index (χ0) is 22.8. The fraction of sp³-hybridized carbons (Fsp3) is 0.321. The normalized spacial score (nSPS) is 14.5. The second-order valence-electron chi connectivity index (χ2n) is 8.99. The molecule has 0 bridgehead atoms. The Hall–Kier alpha value is -3.33. The largest absolute Gasteiger partial charge is 0.395 e. The summed E-state index contributed by atoms with van der Waals surface area (Å²) in [6.07, 6.45) is 4.36. The maximum absolute atomic E-state index is 12.9. The average molecular weight is 440 g/mol. The van der Waals surface area contributed by atoms with Crippen LogP contribution < -0.4 is 5.56 Å². The summed E-state index contributed by atoms with van der Waals surface area (Å²) in [4.78, 5) is 21.9. The lowest BCUT2D eigenvalue weighted by atomic mass is 10.0. The van der Waals surface area contributed by atoms with Crippen molar-refractivity contribution in [3.63, 3.8) is 0 Å². The third-order valence-electron chi connectivity index (χ3n) is 6.44. The van der Waals surface area contributed by atoms with Crippen molar-refractivity contribution in [2.45, 2.75) is 39.2 Å². The summed E-state index contributed by atoms with van der Waals surface area (Å²) in [6.45, 7) is 5.51. The van der Waals surface area contributed by atoms with Crippen LogP contribution >= 0.6 is 0 Å². The molecule has 168 valence electrons. The second kappa shape index (κ2) is 9.27. The molecule has 1 fully saturated rings. The summed E-state index contributed by atoms with van der Waals surface area (Å²) in [6, 6.07) is 14.3. The molecule has 0 spiro atoms. The Labute approximate surface area is 193 Å². The van der Waals surface area contributed by atoms with Gasteiger partial charge in [-0.3, -0.25) is 9.69 Å². The van der Waals surface area contributed by atoms with Crippen LogP contribution in [0.4, 0.5) is 0 Å². The Kier molecular flexibility index (Phi) is 6.04. The van der Waals surface area contributed by atoms with Crippen LogP contribution in [0.25, 0.3) is 33.1 Å². The zero-order valence-electron chi connectivity index (χ0n) is 19.0. The lowest BCUT2D eigenvalue weighted by Gasteiger charge is -2.26. The van der Waals surface area contributed by atoms with Crippen LogP contribution in [0, 0.1) is 18.8 Å². The van der Waals surface area contributed by atoms with Crippen molar-refractivity contribution in [2.24, 2.45) is 0 Å². The van der Waals surface area contributed by atoms with Crippen LogP contribution in [-0.4, -0.2) is 39.7 Å². The minimum atomic E-state index is -0.112. The van der Waals surface area contributed by atoms with Gasteiger partial charge in [0.15, 0.2) is 0 Å². The van der Waals surface area contributed by atoms with Crippen LogP contribution in [0.5, 0.6) is 0 Å². The van der Waals surface area contributed by atoms with Crippen molar-refractivity contribution >= 4 is 21.8 Å². The number of nitrogens with one attached hydrogen (secondary N) is 2. The van der Waals surface area contributed by atoms with E-state index in [0.717, 1.165) is 39.6 Å². The Morgan fingerprint density at radius 2 is 1.85 bits per heavy atom. The molecule has 5 heteroatoms.